The minimum Gasteiger partial charge on any atom is -0.274 e. The van der Waals surface area contributed by atoms with E-state index < -0.39 is 33.9 Å². The number of sulfonamides is 1. The van der Waals surface area contributed by atoms with Crippen molar-refractivity contribution in [1.29, 1.82) is 0 Å². The summed E-state index contributed by atoms with van der Waals surface area (Å²) in [6, 6.07) is 13.2. The van der Waals surface area contributed by atoms with Crippen molar-refractivity contribution in [3.05, 3.63) is 60.2 Å². The molecule has 1 amide bonds. The van der Waals surface area contributed by atoms with Crippen LogP contribution in [-0.4, -0.2) is 31.5 Å². The molecule has 0 spiro atoms. The van der Waals surface area contributed by atoms with Crippen LogP contribution in [0.25, 0.3) is 0 Å². The number of alkyl halides is 4. The van der Waals surface area contributed by atoms with Crippen LogP contribution < -0.4 is 9.73 Å². The number of amides is 1. The number of hydrazone groups is 1. The minimum atomic E-state index is -4.57. The first-order chi connectivity index (χ1) is 15.1. The van der Waals surface area contributed by atoms with Crippen molar-refractivity contribution in [1.82, 2.24) is 4.72 Å². The molecule has 172 valence electrons. The number of carbonyl (C=O) groups is 1. The maximum atomic E-state index is 13.3. The third kappa shape index (κ3) is 5.89. The summed E-state index contributed by atoms with van der Waals surface area (Å²) >= 11 is 3.24. The Labute approximate surface area is 192 Å². The van der Waals surface area contributed by atoms with Gasteiger partial charge in [-0.05, 0) is 42.7 Å². The zero-order valence-electron chi connectivity index (χ0n) is 16.8. The molecule has 0 saturated heterocycles. The third-order valence-corrected chi connectivity index (χ3v) is 6.82. The smallest absolute Gasteiger partial charge is 0.274 e. The van der Waals surface area contributed by atoms with Gasteiger partial charge in [-0.2, -0.15) is 18.3 Å². The number of hydrogen-bond acceptors (Lipinski definition) is 5. The van der Waals surface area contributed by atoms with Crippen molar-refractivity contribution < 1.29 is 26.4 Å². The highest BCUT2D eigenvalue weighted by Crippen LogP contribution is 2.39. The second kappa shape index (κ2) is 10.0. The molecule has 0 bridgehead atoms. The molecule has 0 saturated carbocycles. The van der Waals surface area contributed by atoms with Crippen molar-refractivity contribution in [2.24, 2.45) is 5.10 Å². The van der Waals surface area contributed by atoms with Gasteiger partial charge in [-0.15, -0.1) is 0 Å². The van der Waals surface area contributed by atoms with Gasteiger partial charge in [-0.25, -0.2) is 13.1 Å². The monoisotopic (exact) mass is 531 g/mol. The van der Waals surface area contributed by atoms with Crippen LogP contribution >= 0.6 is 15.9 Å². The molecule has 1 atom stereocenters. The Balaban J connectivity index is 1.82. The van der Waals surface area contributed by atoms with Crippen molar-refractivity contribution in [2.75, 3.05) is 10.3 Å². The Kier molecular flexibility index (Phi) is 7.60. The highest BCUT2D eigenvalue weighted by molar-refractivity contribution is 9.09. The highest BCUT2D eigenvalue weighted by atomic mass is 79.9. The summed E-state index contributed by atoms with van der Waals surface area (Å²) in [6.07, 6.45) is -3.53. The number of rotatable bonds is 8. The predicted molar refractivity (Wildman–Crippen MR) is 119 cm³/mol. The third-order valence-electron chi connectivity index (χ3n) is 4.87. The summed E-state index contributed by atoms with van der Waals surface area (Å²) in [5, 5.41) is 5.73. The molecule has 3 rings (SSSR count). The molecule has 0 radical (unpaired) electrons. The summed E-state index contributed by atoms with van der Waals surface area (Å²) in [4.78, 5) is 11.7. The second-order valence-electron chi connectivity index (χ2n) is 7.19. The standard InChI is InChI=1S/C21H21BrF3N3O3S/c22-13-5-4-8-20(29)27-32(30,31)17-11-9-16(10-12-17)28-18(15-6-2-1-3-7-15)14-19(26-28)21(23,24)25/h1-3,6-7,9-12,18H,4-5,8,13-14H2,(H,27,29). The molecule has 0 aliphatic carbocycles. The number of carbonyl (C=O) groups excluding carboxylic acids is 1. The van der Waals surface area contributed by atoms with Crippen LogP contribution in [0.5, 0.6) is 0 Å². The summed E-state index contributed by atoms with van der Waals surface area (Å²) in [7, 11) is -4.08. The largest absolute Gasteiger partial charge is 0.431 e. The second-order valence-corrected chi connectivity index (χ2v) is 9.66. The van der Waals surface area contributed by atoms with Gasteiger partial charge in [0, 0.05) is 18.2 Å². The van der Waals surface area contributed by atoms with Gasteiger partial charge in [0.25, 0.3) is 10.0 Å². The van der Waals surface area contributed by atoms with Crippen LogP contribution in [0.15, 0.2) is 64.6 Å². The van der Waals surface area contributed by atoms with E-state index in [0.29, 0.717) is 23.0 Å². The lowest BCUT2D eigenvalue weighted by atomic mass is 10.0. The van der Waals surface area contributed by atoms with Crippen LogP contribution in [0.3, 0.4) is 0 Å². The van der Waals surface area contributed by atoms with Gasteiger partial charge in [-0.3, -0.25) is 9.80 Å². The lowest BCUT2D eigenvalue weighted by Gasteiger charge is -2.24. The fourth-order valence-electron chi connectivity index (χ4n) is 3.27. The van der Waals surface area contributed by atoms with Gasteiger partial charge in [-0.1, -0.05) is 46.3 Å². The Morgan fingerprint density at radius 3 is 2.34 bits per heavy atom. The summed E-state index contributed by atoms with van der Waals surface area (Å²) in [5.74, 6) is -0.613. The predicted octanol–water partition coefficient (Wildman–Crippen LogP) is 4.93. The number of hydrogen-bond donors (Lipinski definition) is 1. The molecule has 1 aliphatic rings. The number of halogens is 4. The topological polar surface area (TPSA) is 78.8 Å². The molecule has 2 aromatic rings. The molecular formula is C21H21BrF3N3O3S. The molecule has 2 aromatic carbocycles. The first-order valence-corrected chi connectivity index (χ1v) is 12.4. The van der Waals surface area contributed by atoms with E-state index in [1.165, 1.54) is 29.3 Å². The van der Waals surface area contributed by atoms with Crippen LogP contribution in [0.4, 0.5) is 18.9 Å². The van der Waals surface area contributed by atoms with E-state index in [4.69, 9.17) is 0 Å². The lowest BCUT2D eigenvalue weighted by molar-refractivity contribution is -0.119. The Bertz CT molecular complexity index is 1070. The normalized spacial score (nSPS) is 16.7. The molecule has 1 aliphatic heterocycles. The molecule has 1 unspecified atom stereocenters. The van der Waals surface area contributed by atoms with Crippen LogP contribution in [0.1, 0.15) is 37.3 Å². The molecule has 11 heteroatoms. The van der Waals surface area contributed by atoms with E-state index >= 15 is 0 Å². The van der Waals surface area contributed by atoms with E-state index in [1.54, 1.807) is 30.3 Å². The Hall–Kier alpha value is -2.40. The zero-order valence-corrected chi connectivity index (χ0v) is 19.3. The number of unbranched alkanes of at least 4 members (excludes halogenated alkanes) is 1. The van der Waals surface area contributed by atoms with E-state index in [1.807, 2.05) is 4.72 Å². The molecule has 1 N–H and O–H groups in total. The van der Waals surface area contributed by atoms with E-state index in [0.717, 1.165) is 6.42 Å². The van der Waals surface area contributed by atoms with Crippen molar-refractivity contribution in [2.45, 2.75) is 42.8 Å². The molecule has 6 nitrogen and oxygen atoms in total. The van der Waals surface area contributed by atoms with Crippen molar-refractivity contribution >= 4 is 43.3 Å². The van der Waals surface area contributed by atoms with Crippen molar-refractivity contribution in [3.8, 4) is 0 Å². The number of benzene rings is 2. The maximum Gasteiger partial charge on any atom is 0.431 e. The zero-order chi connectivity index (χ0) is 23.4. The molecular weight excluding hydrogens is 511 g/mol. The highest BCUT2D eigenvalue weighted by Gasteiger charge is 2.43. The Morgan fingerprint density at radius 2 is 1.75 bits per heavy atom. The lowest BCUT2D eigenvalue weighted by Crippen LogP contribution is -2.30. The quantitative estimate of drug-likeness (QED) is 0.387. The van der Waals surface area contributed by atoms with Crippen LogP contribution in [0, 0.1) is 0 Å². The van der Waals surface area contributed by atoms with E-state index in [-0.39, 0.29) is 17.7 Å². The van der Waals surface area contributed by atoms with E-state index in [2.05, 4.69) is 21.0 Å². The number of nitrogens with one attached hydrogen (secondary N) is 1. The van der Waals surface area contributed by atoms with Gasteiger partial charge in [0.15, 0.2) is 0 Å². The molecule has 32 heavy (non-hydrogen) atoms. The van der Waals surface area contributed by atoms with Crippen LogP contribution in [-0.2, 0) is 14.8 Å². The number of anilines is 1. The van der Waals surface area contributed by atoms with Gasteiger partial charge >= 0.3 is 6.18 Å². The average Bonchev–Trinajstić information content (AvgIpc) is 3.20. The summed E-state index contributed by atoms with van der Waals surface area (Å²) in [6.45, 7) is 0. The molecule has 0 fully saturated rings. The Morgan fingerprint density at radius 1 is 1.09 bits per heavy atom. The number of nitrogens with zero attached hydrogens (tertiary/aromatic N) is 2. The maximum absolute atomic E-state index is 13.3. The van der Waals surface area contributed by atoms with Gasteiger partial charge < -0.3 is 0 Å². The fourth-order valence-corrected chi connectivity index (χ4v) is 4.68. The summed E-state index contributed by atoms with van der Waals surface area (Å²) < 4.78 is 66.8. The van der Waals surface area contributed by atoms with Crippen molar-refractivity contribution in [3.63, 3.8) is 0 Å². The first-order valence-electron chi connectivity index (χ1n) is 9.82. The van der Waals surface area contributed by atoms with Crippen LogP contribution in [0.2, 0.25) is 0 Å². The molecule has 1 heterocycles. The SMILES string of the molecule is O=C(CCCCBr)NS(=O)(=O)c1ccc(N2N=C(C(F)(F)F)CC2c2ccccc2)cc1. The average molecular weight is 532 g/mol. The minimum absolute atomic E-state index is 0.0738. The first kappa shape index (κ1) is 24.2. The summed E-state index contributed by atoms with van der Waals surface area (Å²) in [5.41, 5.74) is 0.0578. The van der Waals surface area contributed by atoms with Gasteiger partial charge in [0.2, 0.25) is 5.91 Å². The van der Waals surface area contributed by atoms with E-state index in [9.17, 15) is 26.4 Å². The molecule has 0 aromatic heterocycles. The van der Waals surface area contributed by atoms with Gasteiger partial charge in [0.05, 0.1) is 16.6 Å². The fraction of sp³-hybridized carbons (Fsp3) is 0.333. The van der Waals surface area contributed by atoms with Gasteiger partial charge in [0.1, 0.15) is 5.71 Å².